The van der Waals surface area contributed by atoms with Crippen molar-refractivity contribution in [2.45, 2.75) is 38.3 Å². The standard InChI is InChI=1S/C18H25NO4/c1-21-16-5-6-17(22-2)14(11-16)12-19(15-3-4-15)18(20)13-7-9-23-10-8-13/h5-6,11,13,15H,3-4,7-10,12H2,1-2H3. The lowest BCUT2D eigenvalue weighted by atomic mass is 9.98. The van der Waals surface area contributed by atoms with Crippen LogP contribution in [0.5, 0.6) is 11.5 Å². The number of carbonyl (C=O) groups is 1. The minimum Gasteiger partial charge on any atom is -0.497 e. The van der Waals surface area contributed by atoms with Crippen LogP contribution in [0.2, 0.25) is 0 Å². The van der Waals surface area contributed by atoms with Gasteiger partial charge in [-0.05, 0) is 43.9 Å². The number of carbonyl (C=O) groups excluding carboxylic acids is 1. The van der Waals surface area contributed by atoms with Gasteiger partial charge < -0.3 is 19.1 Å². The second-order valence-electron chi connectivity index (χ2n) is 6.26. The first kappa shape index (κ1) is 16.1. The number of rotatable bonds is 6. The van der Waals surface area contributed by atoms with Crippen LogP contribution in [-0.2, 0) is 16.1 Å². The molecular formula is C18H25NO4. The second kappa shape index (κ2) is 7.21. The highest BCUT2D eigenvalue weighted by atomic mass is 16.5. The molecule has 0 N–H and O–H groups in total. The first-order valence-electron chi connectivity index (χ1n) is 8.32. The summed E-state index contributed by atoms with van der Waals surface area (Å²) in [5.74, 6) is 1.95. The maximum atomic E-state index is 12.9. The topological polar surface area (TPSA) is 48.0 Å². The van der Waals surface area contributed by atoms with E-state index < -0.39 is 0 Å². The summed E-state index contributed by atoms with van der Waals surface area (Å²) in [6, 6.07) is 6.12. The van der Waals surface area contributed by atoms with E-state index >= 15 is 0 Å². The van der Waals surface area contributed by atoms with E-state index in [2.05, 4.69) is 0 Å². The Morgan fingerprint density at radius 2 is 1.91 bits per heavy atom. The van der Waals surface area contributed by atoms with Crippen LogP contribution in [0.25, 0.3) is 0 Å². The number of hydrogen-bond donors (Lipinski definition) is 0. The van der Waals surface area contributed by atoms with Gasteiger partial charge in [-0.3, -0.25) is 4.79 Å². The van der Waals surface area contributed by atoms with Crippen molar-refractivity contribution < 1.29 is 19.0 Å². The molecule has 0 spiro atoms. The Hall–Kier alpha value is -1.75. The van der Waals surface area contributed by atoms with Crippen LogP contribution in [0, 0.1) is 5.92 Å². The molecule has 0 radical (unpaired) electrons. The van der Waals surface area contributed by atoms with Crippen LogP contribution >= 0.6 is 0 Å². The van der Waals surface area contributed by atoms with Gasteiger partial charge in [-0.1, -0.05) is 0 Å². The highest BCUT2D eigenvalue weighted by Crippen LogP contribution is 2.34. The van der Waals surface area contributed by atoms with Gasteiger partial charge in [-0.2, -0.15) is 0 Å². The fourth-order valence-corrected chi connectivity index (χ4v) is 3.14. The SMILES string of the molecule is COc1ccc(OC)c(CN(C(=O)C2CCOCC2)C2CC2)c1. The van der Waals surface area contributed by atoms with Crippen molar-refractivity contribution in [3.63, 3.8) is 0 Å². The zero-order valence-electron chi connectivity index (χ0n) is 13.9. The van der Waals surface area contributed by atoms with Crippen LogP contribution in [0.4, 0.5) is 0 Å². The van der Waals surface area contributed by atoms with E-state index in [1.165, 1.54) is 0 Å². The predicted octanol–water partition coefficient (Wildman–Crippen LogP) is 2.62. The molecule has 2 fully saturated rings. The molecular weight excluding hydrogens is 294 g/mol. The molecule has 1 heterocycles. The van der Waals surface area contributed by atoms with Gasteiger partial charge in [0.2, 0.25) is 5.91 Å². The molecule has 1 aliphatic carbocycles. The summed E-state index contributed by atoms with van der Waals surface area (Å²) in [6.07, 6.45) is 3.86. The van der Waals surface area contributed by atoms with Gasteiger partial charge in [0, 0.05) is 37.3 Å². The van der Waals surface area contributed by atoms with Crippen molar-refractivity contribution in [2.24, 2.45) is 5.92 Å². The molecule has 0 atom stereocenters. The lowest BCUT2D eigenvalue weighted by molar-refractivity contribution is -0.139. The fraction of sp³-hybridized carbons (Fsp3) is 0.611. The lowest BCUT2D eigenvalue weighted by Gasteiger charge is -2.30. The summed E-state index contributed by atoms with van der Waals surface area (Å²) in [6.45, 7) is 1.97. The van der Waals surface area contributed by atoms with Crippen molar-refractivity contribution in [1.29, 1.82) is 0 Å². The van der Waals surface area contributed by atoms with Gasteiger partial charge in [0.25, 0.3) is 0 Å². The zero-order valence-corrected chi connectivity index (χ0v) is 13.9. The van der Waals surface area contributed by atoms with Crippen LogP contribution in [0.1, 0.15) is 31.2 Å². The van der Waals surface area contributed by atoms with Gasteiger partial charge >= 0.3 is 0 Å². The molecule has 23 heavy (non-hydrogen) atoms. The number of amides is 1. The second-order valence-corrected chi connectivity index (χ2v) is 6.26. The lowest BCUT2D eigenvalue weighted by Crippen LogP contribution is -2.39. The molecule has 1 aliphatic heterocycles. The number of nitrogens with zero attached hydrogens (tertiary/aromatic N) is 1. The monoisotopic (exact) mass is 319 g/mol. The third-order valence-electron chi connectivity index (χ3n) is 4.67. The molecule has 1 aromatic carbocycles. The van der Waals surface area contributed by atoms with E-state index in [9.17, 15) is 4.79 Å². The summed E-state index contributed by atoms with van der Waals surface area (Å²) >= 11 is 0. The van der Waals surface area contributed by atoms with E-state index in [0.29, 0.717) is 25.8 Å². The minimum absolute atomic E-state index is 0.0981. The molecule has 0 aromatic heterocycles. The maximum Gasteiger partial charge on any atom is 0.226 e. The Kier molecular flexibility index (Phi) is 5.06. The molecule has 126 valence electrons. The zero-order chi connectivity index (χ0) is 16.2. The first-order valence-corrected chi connectivity index (χ1v) is 8.32. The number of ether oxygens (including phenoxy) is 3. The normalized spacial score (nSPS) is 18.5. The van der Waals surface area contributed by atoms with Crippen molar-refractivity contribution in [1.82, 2.24) is 4.90 Å². The Morgan fingerprint density at radius 3 is 2.52 bits per heavy atom. The third kappa shape index (κ3) is 3.78. The minimum atomic E-state index is 0.0981. The summed E-state index contributed by atoms with van der Waals surface area (Å²) in [4.78, 5) is 15.0. The Morgan fingerprint density at radius 1 is 1.17 bits per heavy atom. The summed E-state index contributed by atoms with van der Waals surface area (Å²) < 4.78 is 16.2. The number of methoxy groups -OCH3 is 2. The molecule has 3 rings (SSSR count). The molecule has 0 bridgehead atoms. The first-order chi connectivity index (χ1) is 11.2. The molecule has 0 unspecified atom stereocenters. The summed E-state index contributed by atoms with van der Waals surface area (Å²) in [5, 5.41) is 0. The molecule has 1 amide bonds. The van der Waals surface area contributed by atoms with E-state index in [1.54, 1.807) is 14.2 Å². The predicted molar refractivity (Wildman–Crippen MR) is 86.7 cm³/mol. The van der Waals surface area contributed by atoms with E-state index in [-0.39, 0.29) is 11.8 Å². The van der Waals surface area contributed by atoms with E-state index in [4.69, 9.17) is 14.2 Å². The van der Waals surface area contributed by atoms with Gasteiger partial charge in [-0.15, -0.1) is 0 Å². The molecule has 5 heteroatoms. The van der Waals surface area contributed by atoms with Crippen molar-refractivity contribution >= 4 is 5.91 Å². The molecule has 1 aromatic rings. The van der Waals surface area contributed by atoms with Crippen LogP contribution < -0.4 is 9.47 Å². The molecule has 1 saturated carbocycles. The van der Waals surface area contributed by atoms with E-state index in [1.807, 2.05) is 23.1 Å². The van der Waals surface area contributed by atoms with Crippen molar-refractivity contribution in [3.05, 3.63) is 23.8 Å². The van der Waals surface area contributed by atoms with Crippen LogP contribution in [0.15, 0.2) is 18.2 Å². The Labute approximate surface area is 137 Å². The Bertz CT molecular complexity index is 550. The Balaban J connectivity index is 1.78. The summed E-state index contributed by atoms with van der Waals surface area (Å²) in [5.41, 5.74) is 0.999. The van der Waals surface area contributed by atoms with Crippen LogP contribution in [0.3, 0.4) is 0 Å². The number of benzene rings is 1. The fourth-order valence-electron chi connectivity index (χ4n) is 3.14. The van der Waals surface area contributed by atoms with Gasteiger partial charge in [0.15, 0.2) is 0 Å². The highest BCUT2D eigenvalue weighted by Gasteiger charge is 2.36. The van der Waals surface area contributed by atoms with Crippen LogP contribution in [-0.4, -0.2) is 44.3 Å². The van der Waals surface area contributed by atoms with Crippen molar-refractivity contribution in [2.75, 3.05) is 27.4 Å². The van der Waals surface area contributed by atoms with Gasteiger partial charge in [0.05, 0.1) is 14.2 Å². The van der Waals surface area contributed by atoms with E-state index in [0.717, 1.165) is 42.7 Å². The maximum absolute atomic E-state index is 12.9. The van der Waals surface area contributed by atoms with Gasteiger partial charge in [-0.25, -0.2) is 0 Å². The molecule has 5 nitrogen and oxygen atoms in total. The molecule has 2 aliphatic rings. The summed E-state index contributed by atoms with van der Waals surface area (Å²) in [7, 11) is 3.31. The molecule has 1 saturated heterocycles. The number of hydrogen-bond acceptors (Lipinski definition) is 4. The smallest absolute Gasteiger partial charge is 0.226 e. The third-order valence-corrected chi connectivity index (χ3v) is 4.67. The average Bonchev–Trinajstić information content (AvgIpc) is 3.44. The average molecular weight is 319 g/mol. The highest BCUT2D eigenvalue weighted by molar-refractivity contribution is 5.79. The quantitative estimate of drug-likeness (QED) is 0.809. The largest absolute Gasteiger partial charge is 0.497 e. The van der Waals surface area contributed by atoms with Gasteiger partial charge in [0.1, 0.15) is 11.5 Å². The van der Waals surface area contributed by atoms with Crippen molar-refractivity contribution in [3.8, 4) is 11.5 Å².